The summed E-state index contributed by atoms with van der Waals surface area (Å²) >= 11 is 0. The van der Waals surface area contributed by atoms with Crippen molar-refractivity contribution in [3.05, 3.63) is 23.7 Å². The Morgan fingerprint density at radius 1 is 1.47 bits per heavy atom. The lowest BCUT2D eigenvalue weighted by molar-refractivity contribution is -0.137. The minimum atomic E-state index is -0.924. The van der Waals surface area contributed by atoms with Gasteiger partial charge in [-0.3, -0.25) is 9.59 Å². The summed E-state index contributed by atoms with van der Waals surface area (Å²) < 4.78 is 5.03. The summed E-state index contributed by atoms with van der Waals surface area (Å²) in [7, 11) is 0. The third-order valence-electron chi connectivity index (χ3n) is 2.51. The van der Waals surface area contributed by atoms with Crippen molar-refractivity contribution in [2.24, 2.45) is 5.92 Å². The average Bonchev–Trinajstić information content (AvgIpc) is 2.63. The maximum atomic E-state index is 11.8. The number of hydrogen-bond acceptors (Lipinski definition) is 3. The lowest BCUT2D eigenvalue weighted by Gasteiger charge is -2.20. The van der Waals surface area contributed by atoms with Crippen molar-refractivity contribution in [3.8, 4) is 0 Å². The van der Waals surface area contributed by atoms with E-state index in [2.05, 4.69) is 5.32 Å². The number of carboxylic acids is 1. The summed E-state index contributed by atoms with van der Waals surface area (Å²) in [6.07, 6.45) is 1.28. The molecule has 2 N–H and O–H groups in total. The number of carboxylic acid groups (broad SMARTS) is 1. The van der Waals surface area contributed by atoms with Gasteiger partial charge in [-0.15, -0.1) is 0 Å². The van der Waals surface area contributed by atoms with Gasteiger partial charge in [0.2, 0.25) is 0 Å². The van der Waals surface area contributed by atoms with Crippen LogP contribution in [-0.2, 0) is 4.79 Å². The smallest absolute Gasteiger partial charge is 0.305 e. The normalized spacial score (nSPS) is 12.5. The molecule has 0 saturated carbocycles. The van der Waals surface area contributed by atoms with E-state index in [1.54, 1.807) is 13.0 Å². The molecule has 0 aromatic carbocycles. The number of carbonyl (C=O) groups is 2. The maximum Gasteiger partial charge on any atom is 0.305 e. The zero-order valence-electron chi connectivity index (χ0n) is 10.2. The fraction of sp³-hybridized carbons (Fsp3) is 0.500. The topological polar surface area (TPSA) is 79.5 Å². The largest absolute Gasteiger partial charge is 0.481 e. The SMILES string of the molecule is Cc1cc(C(=O)NC(CC(=O)O)C(C)C)co1. The van der Waals surface area contributed by atoms with E-state index in [9.17, 15) is 9.59 Å². The molecule has 5 heteroatoms. The van der Waals surface area contributed by atoms with Gasteiger partial charge in [0.25, 0.3) is 5.91 Å². The van der Waals surface area contributed by atoms with Crippen molar-refractivity contribution in [2.75, 3.05) is 0 Å². The zero-order valence-corrected chi connectivity index (χ0v) is 10.2. The van der Waals surface area contributed by atoms with E-state index in [-0.39, 0.29) is 24.3 Å². The predicted molar refractivity (Wildman–Crippen MR) is 61.8 cm³/mol. The highest BCUT2D eigenvalue weighted by Crippen LogP contribution is 2.10. The number of carbonyl (C=O) groups excluding carboxylic acids is 1. The van der Waals surface area contributed by atoms with Gasteiger partial charge >= 0.3 is 5.97 Å². The lowest BCUT2D eigenvalue weighted by atomic mass is 10.0. The Labute approximate surface area is 99.8 Å². The number of furan rings is 1. The van der Waals surface area contributed by atoms with Gasteiger partial charge in [0, 0.05) is 6.04 Å². The predicted octanol–water partition coefficient (Wildman–Crippen LogP) is 1.82. The lowest BCUT2D eigenvalue weighted by Crippen LogP contribution is -2.39. The third-order valence-corrected chi connectivity index (χ3v) is 2.51. The fourth-order valence-electron chi connectivity index (χ4n) is 1.46. The van der Waals surface area contributed by atoms with E-state index in [1.807, 2.05) is 13.8 Å². The van der Waals surface area contributed by atoms with Gasteiger partial charge in [0.05, 0.1) is 12.0 Å². The molecule has 0 radical (unpaired) electrons. The van der Waals surface area contributed by atoms with E-state index in [0.717, 1.165) is 0 Å². The molecule has 0 bridgehead atoms. The molecule has 0 fully saturated rings. The second-order valence-corrected chi connectivity index (χ2v) is 4.37. The minimum Gasteiger partial charge on any atom is -0.481 e. The summed E-state index contributed by atoms with van der Waals surface area (Å²) in [6, 6.07) is 1.24. The molecular weight excluding hydrogens is 222 g/mol. The molecule has 1 heterocycles. The van der Waals surface area contributed by atoms with Gasteiger partial charge in [-0.05, 0) is 18.9 Å². The second kappa shape index (κ2) is 5.52. The van der Waals surface area contributed by atoms with Gasteiger partial charge in [-0.2, -0.15) is 0 Å². The Hall–Kier alpha value is -1.78. The second-order valence-electron chi connectivity index (χ2n) is 4.37. The van der Waals surface area contributed by atoms with Gasteiger partial charge in [-0.25, -0.2) is 0 Å². The van der Waals surface area contributed by atoms with E-state index in [1.165, 1.54) is 6.26 Å². The van der Waals surface area contributed by atoms with Crippen LogP contribution in [-0.4, -0.2) is 23.0 Å². The first-order valence-electron chi connectivity index (χ1n) is 5.48. The molecule has 17 heavy (non-hydrogen) atoms. The van der Waals surface area contributed by atoms with Crippen LogP contribution in [0.15, 0.2) is 16.7 Å². The van der Waals surface area contributed by atoms with E-state index in [0.29, 0.717) is 11.3 Å². The number of nitrogens with one attached hydrogen (secondary N) is 1. The van der Waals surface area contributed by atoms with Crippen molar-refractivity contribution in [1.82, 2.24) is 5.32 Å². The molecule has 5 nitrogen and oxygen atoms in total. The van der Waals surface area contributed by atoms with Crippen molar-refractivity contribution in [3.63, 3.8) is 0 Å². The third kappa shape index (κ3) is 3.94. The van der Waals surface area contributed by atoms with Gasteiger partial charge < -0.3 is 14.8 Å². The van der Waals surface area contributed by atoms with Crippen LogP contribution in [0.1, 0.15) is 36.4 Å². The monoisotopic (exact) mass is 239 g/mol. The molecule has 1 rings (SSSR count). The summed E-state index contributed by atoms with van der Waals surface area (Å²) in [5, 5.41) is 11.4. The van der Waals surface area contributed by atoms with Crippen LogP contribution in [0.4, 0.5) is 0 Å². The van der Waals surface area contributed by atoms with E-state index in [4.69, 9.17) is 9.52 Å². The molecule has 0 aliphatic rings. The molecule has 1 atom stereocenters. The highest BCUT2D eigenvalue weighted by Gasteiger charge is 2.20. The molecule has 1 amide bonds. The van der Waals surface area contributed by atoms with Gasteiger partial charge in [0.15, 0.2) is 0 Å². The zero-order chi connectivity index (χ0) is 13.0. The molecule has 1 aromatic rings. The number of hydrogen-bond donors (Lipinski definition) is 2. The van der Waals surface area contributed by atoms with E-state index < -0.39 is 5.97 Å². The van der Waals surface area contributed by atoms with Crippen LogP contribution in [0.25, 0.3) is 0 Å². The Balaban J connectivity index is 2.67. The summed E-state index contributed by atoms with van der Waals surface area (Å²) in [6.45, 7) is 5.48. The first kappa shape index (κ1) is 13.3. The summed E-state index contributed by atoms with van der Waals surface area (Å²) in [5.74, 6) is -0.522. The van der Waals surface area contributed by atoms with Crippen LogP contribution in [0.5, 0.6) is 0 Å². The highest BCUT2D eigenvalue weighted by molar-refractivity contribution is 5.94. The number of aliphatic carboxylic acids is 1. The molecule has 0 saturated heterocycles. The standard InChI is InChI=1S/C12H17NO4/c1-7(2)10(5-11(14)15)13-12(16)9-4-8(3)17-6-9/h4,6-7,10H,5H2,1-3H3,(H,13,16)(H,14,15). The van der Waals surface area contributed by atoms with Crippen molar-refractivity contribution >= 4 is 11.9 Å². The first-order valence-corrected chi connectivity index (χ1v) is 5.48. The molecule has 0 aliphatic carbocycles. The van der Waals surface area contributed by atoms with Crippen LogP contribution in [0, 0.1) is 12.8 Å². The molecule has 1 unspecified atom stereocenters. The Morgan fingerprint density at radius 3 is 2.53 bits per heavy atom. The van der Waals surface area contributed by atoms with Crippen LogP contribution >= 0.6 is 0 Å². The Kier molecular flexibility index (Phi) is 4.31. The van der Waals surface area contributed by atoms with Crippen LogP contribution in [0.2, 0.25) is 0 Å². The average molecular weight is 239 g/mol. The van der Waals surface area contributed by atoms with Crippen LogP contribution in [0.3, 0.4) is 0 Å². The van der Waals surface area contributed by atoms with Gasteiger partial charge in [0.1, 0.15) is 12.0 Å². The maximum absolute atomic E-state index is 11.8. The van der Waals surface area contributed by atoms with Crippen LogP contribution < -0.4 is 5.32 Å². The Morgan fingerprint density at radius 2 is 2.12 bits per heavy atom. The summed E-state index contributed by atoms with van der Waals surface area (Å²) in [5.41, 5.74) is 0.415. The summed E-state index contributed by atoms with van der Waals surface area (Å²) in [4.78, 5) is 22.5. The highest BCUT2D eigenvalue weighted by atomic mass is 16.4. The number of rotatable bonds is 5. The van der Waals surface area contributed by atoms with E-state index >= 15 is 0 Å². The number of aryl methyl sites for hydroxylation is 1. The molecular formula is C12H17NO4. The fourth-order valence-corrected chi connectivity index (χ4v) is 1.46. The Bertz CT molecular complexity index is 408. The molecule has 0 spiro atoms. The molecule has 94 valence electrons. The quantitative estimate of drug-likeness (QED) is 0.821. The van der Waals surface area contributed by atoms with Crippen molar-refractivity contribution in [1.29, 1.82) is 0 Å². The van der Waals surface area contributed by atoms with Crippen molar-refractivity contribution in [2.45, 2.75) is 33.2 Å². The molecule has 0 aliphatic heterocycles. The molecule has 1 aromatic heterocycles. The number of amides is 1. The van der Waals surface area contributed by atoms with Gasteiger partial charge in [-0.1, -0.05) is 13.8 Å². The minimum absolute atomic E-state index is 0.0584. The first-order chi connectivity index (χ1) is 7.90. The van der Waals surface area contributed by atoms with Crippen molar-refractivity contribution < 1.29 is 19.1 Å².